The fraction of sp³-hybridized carbons (Fsp3) is 0.600. The molecule has 8 heteroatoms. The number of nitrogens with zero attached hydrogens (tertiary/aromatic N) is 1. The van der Waals surface area contributed by atoms with Gasteiger partial charge in [-0.25, -0.2) is 8.42 Å². The molecule has 2 rings (SSSR count). The van der Waals surface area contributed by atoms with Gasteiger partial charge in [-0.3, -0.25) is 4.57 Å². The van der Waals surface area contributed by atoms with E-state index in [1.165, 1.54) is 4.31 Å². The van der Waals surface area contributed by atoms with Crippen LogP contribution in [-0.2, 0) is 23.6 Å². The van der Waals surface area contributed by atoms with Crippen LogP contribution in [0.1, 0.15) is 52.0 Å². The number of aryl methyl sites for hydroxylation is 1. The first-order valence-electron chi connectivity index (χ1n) is 9.97. The summed E-state index contributed by atoms with van der Waals surface area (Å²) in [4.78, 5) is 0.246. The second-order valence-electron chi connectivity index (χ2n) is 6.92. The second-order valence-corrected chi connectivity index (χ2v) is 10.9. The van der Waals surface area contributed by atoms with E-state index in [1.807, 2.05) is 6.92 Å². The SMILES string of the molecule is CCCCC[C@H]1C=C(P(=O)(OCC)OCC)CN1S(=O)(=O)c1ccc(C)cc1. The molecule has 0 saturated heterocycles. The first-order chi connectivity index (χ1) is 13.3. The number of unbranched alkanes of at least 4 members (excludes halogenated alkanes) is 2. The highest BCUT2D eigenvalue weighted by molar-refractivity contribution is 7.89. The minimum absolute atomic E-state index is 0.0320. The smallest absolute Gasteiger partial charge is 0.306 e. The highest BCUT2D eigenvalue weighted by atomic mass is 32.2. The highest BCUT2D eigenvalue weighted by Crippen LogP contribution is 2.58. The minimum Gasteiger partial charge on any atom is -0.306 e. The van der Waals surface area contributed by atoms with E-state index in [2.05, 4.69) is 6.92 Å². The zero-order valence-electron chi connectivity index (χ0n) is 17.3. The molecule has 158 valence electrons. The van der Waals surface area contributed by atoms with Gasteiger partial charge in [-0.2, -0.15) is 4.31 Å². The Labute approximate surface area is 169 Å². The van der Waals surface area contributed by atoms with Crippen LogP contribution >= 0.6 is 7.60 Å². The molecule has 0 saturated carbocycles. The number of hydrogen-bond donors (Lipinski definition) is 0. The van der Waals surface area contributed by atoms with Crippen molar-refractivity contribution < 1.29 is 22.0 Å². The maximum absolute atomic E-state index is 13.3. The van der Waals surface area contributed by atoms with Crippen LogP contribution in [0.5, 0.6) is 0 Å². The summed E-state index contributed by atoms with van der Waals surface area (Å²) in [5.74, 6) is 0. The fourth-order valence-corrected chi connectivity index (χ4v) is 6.74. The van der Waals surface area contributed by atoms with Crippen molar-refractivity contribution in [1.29, 1.82) is 0 Å². The lowest BCUT2D eigenvalue weighted by Crippen LogP contribution is -2.36. The predicted octanol–water partition coefficient (Wildman–Crippen LogP) is 5.10. The van der Waals surface area contributed by atoms with E-state index in [0.29, 0.717) is 11.7 Å². The van der Waals surface area contributed by atoms with Gasteiger partial charge in [-0.15, -0.1) is 0 Å². The van der Waals surface area contributed by atoms with Crippen molar-refractivity contribution in [3.8, 4) is 0 Å². The zero-order chi connectivity index (χ0) is 20.8. The topological polar surface area (TPSA) is 72.9 Å². The summed E-state index contributed by atoms with van der Waals surface area (Å²) in [7, 11) is -7.21. The maximum Gasteiger partial charge on any atom is 0.358 e. The summed E-state index contributed by atoms with van der Waals surface area (Å²) in [6, 6.07) is 6.47. The first kappa shape index (κ1) is 23.3. The molecule has 0 unspecified atom stereocenters. The lowest BCUT2D eigenvalue weighted by Gasteiger charge is -2.25. The zero-order valence-corrected chi connectivity index (χ0v) is 19.0. The first-order valence-corrected chi connectivity index (χ1v) is 13.0. The van der Waals surface area contributed by atoms with Gasteiger partial charge in [0.15, 0.2) is 0 Å². The number of benzene rings is 1. The molecule has 0 aromatic heterocycles. The van der Waals surface area contributed by atoms with Crippen LogP contribution in [-0.4, -0.2) is 38.5 Å². The van der Waals surface area contributed by atoms with E-state index in [1.54, 1.807) is 44.2 Å². The molecule has 0 spiro atoms. The van der Waals surface area contributed by atoms with Gasteiger partial charge >= 0.3 is 7.60 Å². The number of rotatable bonds is 11. The summed E-state index contributed by atoms with van der Waals surface area (Å²) >= 11 is 0. The van der Waals surface area contributed by atoms with Gasteiger partial charge in [-0.1, -0.05) is 50.0 Å². The van der Waals surface area contributed by atoms with Gasteiger partial charge in [-0.05, 0) is 39.3 Å². The Kier molecular flexibility index (Phi) is 8.46. The van der Waals surface area contributed by atoms with Crippen molar-refractivity contribution in [2.75, 3.05) is 19.8 Å². The molecule has 28 heavy (non-hydrogen) atoms. The van der Waals surface area contributed by atoms with Crippen LogP contribution in [0.3, 0.4) is 0 Å². The Morgan fingerprint density at radius 3 is 2.21 bits per heavy atom. The summed E-state index contributed by atoms with van der Waals surface area (Å²) in [5.41, 5.74) is 0.996. The van der Waals surface area contributed by atoms with Gasteiger partial charge < -0.3 is 9.05 Å². The average molecular weight is 430 g/mol. The molecule has 1 aromatic carbocycles. The van der Waals surface area contributed by atoms with E-state index >= 15 is 0 Å². The molecule has 0 fully saturated rings. The lowest BCUT2D eigenvalue weighted by molar-refractivity contribution is 0.225. The molecule has 1 aliphatic rings. The average Bonchev–Trinajstić information content (AvgIpc) is 3.09. The van der Waals surface area contributed by atoms with Crippen molar-refractivity contribution >= 4 is 17.6 Å². The van der Waals surface area contributed by atoms with Gasteiger partial charge in [0, 0.05) is 12.6 Å². The maximum atomic E-state index is 13.3. The molecule has 6 nitrogen and oxygen atoms in total. The largest absolute Gasteiger partial charge is 0.358 e. The van der Waals surface area contributed by atoms with Crippen molar-refractivity contribution in [3.05, 3.63) is 41.2 Å². The molecule has 1 aromatic rings. The van der Waals surface area contributed by atoms with Gasteiger partial charge in [0.25, 0.3) is 0 Å². The van der Waals surface area contributed by atoms with Gasteiger partial charge in [0.1, 0.15) is 0 Å². The summed E-state index contributed by atoms with van der Waals surface area (Å²) < 4.78 is 52.2. The third-order valence-electron chi connectivity index (χ3n) is 4.75. The quantitative estimate of drug-likeness (QED) is 0.361. The monoisotopic (exact) mass is 429 g/mol. The van der Waals surface area contributed by atoms with E-state index in [-0.39, 0.29) is 30.7 Å². The summed E-state index contributed by atoms with van der Waals surface area (Å²) in [6.07, 6.45) is 5.43. The van der Waals surface area contributed by atoms with Crippen molar-refractivity contribution in [3.63, 3.8) is 0 Å². The van der Waals surface area contributed by atoms with Crippen molar-refractivity contribution in [1.82, 2.24) is 4.31 Å². The molecule has 0 aliphatic carbocycles. The normalized spacial score (nSPS) is 18.4. The van der Waals surface area contributed by atoms with E-state index < -0.39 is 17.6 Å². The fourth-order valence-electron chi connectivity index (χ4n) is 3.30. The Bertz CT molecular complexity index is 810. The molecule has 1 atom stereocenters. The van der Waals surface area contributed by atoms with Crippen LogP contribution in [0.2, 0.25) is 0 Å². The van der Waals surface area contributed by atoms with Crippen LogP contribution in [0.15, 0.2) is 40.6 Å². The molecule has 0 amide bonds. The van der Waals surface area contributed by atoms with Crippen molar-refractivity contribution in [2.24, 2.45) is 0 Å². The summed E-state index contributed by atoms with van der Waals surface area (Å²) in [5, 5.41) is 0.438. The molecule has 0 bridgehead atoms. The van der Waals surface area contributed by atoms with Crippen LogP contribution in [0.4, 0.5) is 0 Å². The predicted molar refractivity (Wildman–Crippen MR) is 112 cm³/mol. The van der Waals surface area contributed by atoms with Crippen molar-refractivity contribution in [2.45, 2.75) is 64.3 Å². The Hall–Kier alpha value is -0.980. The van der Waals surface area contributed by atoms with E-state index in [4.69, 9.17) is 9.05 Å². The highest BCUT2D eigenvalue weighted by Gasteiger charge is 2.42. The summed E-state index contributed by atoms with van der Waals surface area (Å²) in [6.45, 7) is 8.03. The van der Waals surface area contributed by atoms with Crippen LogP contribution in [0.25, 0.3) is 0 Å². The van der Waals surface area contributed by atoms with Crippen LogP contribution < -0.4 is 0 Å². The number of hydrogen-bond acceptors (Lipinski definition) is 5. The molecule has 1 aliphatic heterocycles. The van der Waals surface area contributed by atoms with E-state index in [0.717, 1.165) is 24.8 Å². The second kappa shape index (κ2) is 10.2. The Morgan fingerprint density at radius 1 is 1.07 bits per heavy atom. The van der Waals surface area contributed by atoms with Gasteiger partial charge in [0.05, 0.1) is 23.4 Å². The molecule has 1 heterocycles. The number of sulfonamides is 1. The third kappa shape index (κ3) is 5.33. The lowest BCUT2D eigenvalue weighted by atomic mass is 10.1. The van der Waals surface area contributed by atoms with E-state index in [9.17, 15) is 13.0 Å². The molecule has 0 N–H and O–H groups in total. The molecular weight excluding hydrogens is 397 g/mol. The minimum atomic E-state index is -3.72. The Morgan fingerprint density at radius 2 is 1.68 bits per heavy atom. The molecule has 0 radical (unpaired) electrons. The third-order valence-corrected chi connectivity index (χ3v) is 8.83. The standard InChI is InChI=1S/C20H32NO5PS/c1-5-8-9-10-18-15-19(27(22,25-6-2)26-7-3)16-21(18)28(23,24)20-13-11-17(4)12-14-20/h11-15,18H,5-10,16H2,1-4H3/t18-/m0/s1. The van der Waals surface area contributed by atoms with Crippen LogP contribution in [0, 0.1) is 6.92 Å². The Balaban J connectivity index is 2.37. The molecular formula is C20H32NO5PS. The van der Waals surface area contributed by atoms with Gasteiger partial charge in [0.2, 0.25) is 10.0 Å².